The molecule has 6 nitrogen and oxygen atoms in total. The van der Waals surface area contributed by atoms with Gasteiger partial charge in [-0.15, -0.1) is 0 Å². The zero-order valence-electron chi connectivity index (χ0n) is 11.3. The van der Waals surface area contributed by atoms with E-state index in [4.69, 9.17) is 4.74 Å². The van der Waals surface area contributed by atoms with Crippen LogP contribution in [0.2, 0.25) is 0 Å². The number of likely N-dealkylation sites (tertiary alicyclic amines) is 1. The number of likely N-dealkylation sites (N-methyl/N-ethyl adjacent to an activating group) is 1. The maximum Gasteiger partial charge on any atom is 0.292 e. The molecule has 104 valence electrons. The van der Waals surface area contributed by atoms with Gasteiger partial charge in [0, 0.05) is 25.2 Å². The summed E-state index contributed by atoms with van der Waals surface area (Å²) in [5, 5.41) is 13.6. The summed E-state index contributed by atoms with van der Waals surface area (Å²) in [5.74, 6) is 0.662. The number of anilines is 1. The lowest BCUT2D eigenvalue weighted by atomic mass is 10.2. The number of nitrogens with one attached hydrogen (secondary N) is 1. The van der Waals surface area contributed by atoms with Gasteiger partial charge in [-0.2, -0.15) is 0 Å². The second kappa shape index (κ2) is 5.88. The standard InChI is InChI=1S/C13H19N3O3/c1-14-12-8-11(5-6-13(12)16(17)18)19-9-10-4-3-7-15(10)2/h5-6,8,10,14H,3-4,7,9H2,1-2H3/t10-/m0/s1. The maximum absolute atomic E-state index is 10.8. The van der Waals surface area contributed by atoms with Gasteiger partial charge < -0.3 is 15.0 Å². The number of nitro groups is 1. The molecule has 19 heavy (non-hydrogen) atoms. The highest BCUT2D eigenvalue weighted by Crippen LogP contribution is 2.29. The number of nitro benzene ring substituents is 1. The third-order valence-corrected chi connectivity index (χ3v) is 3.55. The molecule has 1 N–H and O–H groups in total. The Kier molecular flexibility index (Phi) is 4.21. The van der Waals surface area contributed by atoms with Crippen molar-refractivity contribution in [3.05, 3.63) is 28.3 Å². The van der Waals surface area contributed by atoms with E-state index in [2.05, 4.69) is 17.3 Å². The highest BCUT2D eigenvalue weighted by atomic mass is 16.6. The number of rotatable bonds is 5. The summed E-state index contributed by atoms with van der Waals surface area (Å²) in [5.41, 5.74) is 0.537. The lowest BCUT2D eigenvalue weighted by Gasteiger charge is -2.19. The molecular weight excluding hydrogens is 246 g/mol. The van der Waals surface area contributed by atoms with Crippen LogP contribution in [0.15, 0.2) is 18.2 Å². The first-order chi connectivity index (χ1) is 9.11. The Hall–Kier alpha value is -1.82. The van der Waals surface area contributed by atoms with Crippen molar-refractivity contribution < 1.29 is 9.66 Å². The van der Waals surface area contributed by atoms with Crippen LogP contribution in [0.4, 0.5) is 11.4 Å². The fourth-order valence-corrected chi connectivity index (χ4v) is 2.35. The molecule has 1 aliphatic rings. The van der Waals surface area contributed by atoms with Crippen LogP contribution in [0, 0.1) is 10.1 Å². The fraction of sp³-hybridized carbons (Fsp3) is 0.538. The Morgan fingerprint density at radius 3 is 2.95 bits per heavy atom. The first-order valence-corrected chi connectivity index (χ1v) is 6.41. The second-order valence-electron chi connectivity index (χ2n) is 4.77. The van der Waals surface area contributed by atoms with Gasteiger partial charge in [-0.3, -0.25) is 10.1 Å². The third kappa shape index (κ3) is 3.14. The van der Waals surface area contributed by atoms with E-state index in [0.29, 0.717) is 24.1 Å². The molecule has 0 aromatic heterocycles. The number of nitrogens with zero attached hydrogens (tertiary/aromatic N) is 2. The molecule has 0 bridgehead atoms. The molecular formula is C13H19N3O3. The SMILES string of the molecule is CNc1cc(OC[C@@H]2CCCN2C)ccc1[N+](=O)[O-]. The number of ether oxygens (including phenoxy) is 1. The largest absolute Gasteiger partial charge is 0.492 e. The topological polar surface area (TPSA) is 67.6 Å². The van der Waals surface area contributed by atoms with E-state index in [1.165, 1.54) is 12.5 Å². The van der Waals surface area contributed by atoms with Gasteiger partial charge in [0.15, 0.2) is 0 Å². The van der Waals surface area contributed by atoms with E-state index in [-0.39, 0.29) is 5.69 Å². The van der Waals surface area contributed by atoms with Gasteiger partial charge in [0.1, 0.15) is 18.0 Å². The van der Waals surface area contributed by atoms with E-state index in [1.807, 2.05) is 0 Å². The first-order valence-electron chi connectivity index (χ1n) is 6.41. The Balaban J connectivity index is 2.02. The van der Waals surface area contributed by atoms with E-state index in [0.717, 1.165) is 13.0 Å². The Morgan fingerprint density at radius 2 is 2.37 bits per heavy atom. The fourth-order valence-electron chi connectivity index (χ4n) is 2.35. The molecule has 1 fully saturated rings. The zero-order valence-corrected chi connectivity index (χ0v) is 11.3. The van der Waals surface area contributed by atoms with Gasteiger partial charge in [-0.1, -0.05) is 0 Å². The van der Waals surface area contributed by atoms with Gasteiger partial charge >= 0.3 is 0 Å². The molecule has 1 aromatic rings. The molecule has 1 aromatic carbocycles. The minimum Gasteiger partial charge on any atom is -0.492 e. The van der Waals surface area contributed by atoms with Crippen LogP contribution in [0.1, 0.15) is 12.8 Å². The molecule has 1 heterocycles. The normalized spacial score (nSPS) is 19.4. The summed E-state index contributed by atoms with van der Waals surface area (Å²) in [7, 11) is 3.76. The van der Waals surface area contributed by atoms with Crippen LogP contribution in [-0.2, 0) is 0 Å². The molecule has 0 spiro atoms. The Labute approximate surface area is 112 Å². The van der Waals surface area contributed by atoms with Crippen molar-refractivity contribution in [1.29, 1.82) is 0 Å². The van der Waals surface area contributed by atoms with E-state index >= 15 is 0 Å². The van der Waals surface area contributed by atoms with Crippen LogP contribution in [-0.4, -0.2) is 43.1 Å². The van der Waals surface area contributed by atoms with Crippen LogP contribution in [0.25, 0.3) is 0 Å². The van der Waals surface area contributed by atoms with Crippen LogP contribution in [0.5, 0.6) is 5.75 Å². The van der Waals surface area contributed by atoms with Crippen LogP contribution >= 0.6 is 0 Å². The first kappa shape index (κ1) is 13.6. The minimum absolute atomic E-state index is 0.0628. The van der Waals surface area contributed by atoms with Crippen molar-refractivity contribution in [2.75, 3.05) is 32.6 Å². The van der Waals surface area contributed by atoms with Gasteiger partial charge in [-0.05, 0) is 32.5 Å². The predicted molar refractivity (Wildman–Crippen MR) is 73.8 cm³/mol. The van der Waals surface area contributed by atoms with Gasteiger partial charge in [0.2, 0.25) is 0 Å². The van der Waals surface area contributed by atoms with Crippen LogP contribution < -0.4 is 10.1 Å². The zero-order chi connectivity index (χ0) is 13.8. The summed E-state index contributed by atoms with van der Waals surface area (Å²) in [4.78, 5) is 12.7. The smallest absolute Gasteiger partial charge is 0.292 e. The highest BCUT2D eigenvalue weighted by Gasteiger charge is 2.21. The van der Waals surface area contributed by atoms with Crippen molar-refractivity contribution in [1.82, 2.24) is 4.90 Å². The minimum atomic E-state index is -0.402. The summed E-state index contributed by atoms with van der Waals surface area (Å²) in [6.07, 6.45) is 2.34. The number of benzene rings is 1. The van der Waals surface area contributed by atoms with Crippen molar-refractivity contribution in [2.45, 2.75) is 18.9 Å². The summed E-state index contributed by atoms with van der Waals surface area (Å²) < 4.78 is 5.73. The molecule has 0 amide bonds. The average Bonchev–Trinajstić information content (AvgIpc) is 2.81. The van der Waals surface area contributed by atoms with Gasteiger partial charge in [0.25, 0.3) is 5.69 Å². The Morgan fingerprint density at radius 1 is 1.58 bits per heavy atom. The summed E-state index contributed by atoms with van der Waals surface area (Å²) >= 11 is 0. The molecule has 1 aliphatic heterocycles. The van der Waals surface area contributed by atoms with E-state index in [9.17, 15) is 10.1 Å². The van der Waals surface area contributed by atoms with Crippen LogP contribution in [0.3, 0.4) is 0 Å². The highest BCUT2D eigenvalue weighted by molar-refractivity contribution is 5.63. The summed E-state index contributed by atoms with van der Waals surface area (Å²) in [6, 6.07) is 5.23. The molecule has 6 heteroatoms. The molecule has 2 rings (SSSR count). The molecule has 0 unspecified atom stereocenters. The Bertz CT molecular complexity index is 464. The van der Waals surface area contributed by atoms with E-state index in [1.54, 1.807) is 19.2 Å². The maximum atomic E-state index is 10.8. The number of hydrogen-bond acceptors (Lipinski definition) is 5. The average molecular weight is 265 g/mol. The number of hydrogen-bond donors (Lipinski definition) is 1. The quantitative estimate of drug-likeness (QED) is 0.652. The van der Waals surface area contributed by atoms with Crippen molar-refractivity contribution in [2.24, 2.45) is 0 Å². The third-order valence-electron chi connectivity index (χ3n) is 3.55. The molecule has 1 atom stereocenters. The molecule has 0 aliphatic carbocycles. The van der Waals surface area contributed by atoms with Crippen molar-refractivity contribution in [3.63, 3.8) is 0 Å². The van der Waals surface area contributed by atoms with Gasteiger partial charge in [-0.25, -0.2) is 0 Å². The molecule has 1 saturated heterocycles. The summed E-state index contributed by atoms with van der Waals surface area (Å²) in [6.45, 7) is 1.73. The van der Waals surface area contributed by atoms with Crippen molar-refractivity contribution >= 4 is 11.4 Å². The monoisotopic (exact) mass is 265 g/mol. The van der Waals surface area contributed by atoms with Crippen molar-refractivity contribution in [3.8, 4) is 5.75 Å². The lowest BCUT2D eigenvalue weighted by molar-refractivity contribution is -0.384. The molecule has 0 saturated carbocycles. The van der Waals surface area contributed by atoms with E-state index < -0.39 is 4.92 Å². The van der Waals surface area contributed by atoms with Gasteiger partial charge in [0.05, 0.1) is 4.92 Å². The predicted octanol–water partition coefficient (Wildman–Crippen LogP) is 2.11. The molecule has 0 radical (unpaired) electrons. The second-order valence-corrected chi connectivity index (χ2v) is 4.77. The lowest BCUT2D eigenvalue weighted by Crippen LogP contribution is -2.30.